The molecule has 2 aromatic rings. The summed E-state index contributed by atoms with van der Waals surface area (Å²) in [5.74, 6) is 0. The summed E-state index contributed by atoms with van der Waals surface area (Å²) in [6.07, 6.45) is 1.97. The molecule has 0 amide bonds. The van der Waals surface area contributed by atoms with Crippen molar-refractivity contribution >= 4 is 16.5 Å². The summed E-state index contributed by atoms with van der Waals surface area (Å²) >= 11 is 1.75. The van der Waals surface area contributed by atoms with Gasteiger partial charge in [-0.05, 0) is 32.0 Å². The van der Waals surface area contributed by atoms with Crippen LogP contribution in [0.3, 0.4) is 0 Å². The van der Waals surface area contributed by atoms with Gasteiger partial charge in [0, 0.05) is 30.7 Å². The lowest BCUT2D eigenvalue weighted by Gasteiger charge is -2.17. The van der Waals surface area contributed by atoms with Gasteiger partial charge in [0.2, 0.25) is 0 Å². The average molecular weight is 275 g/mol. The molecule has 3 nitrogen and oxygen atoms in total. The summed E-state index contributed by atoms with van der Waals surface area (Å²) in [5.41, 5.74) is 2.68. The second-order valence-electron chi connectivity index (χ2n) is 4.84. The molecule has 0 aliphatic rings. The monoisotopic (exact) mass is 275 g/mol. The molecule has 0 spiro atoms. The molecule has 4 heteroatoms. The molecule has 0 radical (unpaired) electrons. The molecule has 0 fully saturated rings. The summed E-state index contributed by atoms with van der Waals surface area (Å²) in [4.78, 5) is 7.99. The topological polar surface area (TPSA) is 28.2 Å². The maximum atomic E-state index is 4.52. The van der Waals surface area contributed by atoms with Crippen LogP contribution in [0.4, 0.5) is 5.13 Å². The molecular weight excluding hydrogens is 254 g/mol. The van der Waals surface area contributed by atoms with Crippen LogP contribution in [0.25, 0.3) is 0 Å². The molecule has 1 aromatic carbocycles. The van der Waals surface area contributed by atoms with Crippen LogP contribution in [0.15, 0.2) is 30.5 Å². The van der Waals surface area contributed by atoms with Gasteiger partial charge in [-0.3, -0.25) is 0 Å². The van der Waals surface area contributed by atoms with Crippen molar-refractivity contribution < 1.29 is 0 Å². The average Bonchev–Trinajstić information content (AvgIpc) is 2.90. The Morgan fingerprint density at radius 1 is 1.37 bits per heavy atom. The Kier molecular flexibility index (Phi) is 4.56. The zero-order valence-electron chi connectivity index (χ0n) is 12.0. The summed E-state index contributed by atoms with van der Waals surface area (Å²) in [6.45, 7) is 5.20. The van der Waals surface area contributed by atoms with Crippen molar-refractivity contribution in [1.29, 1.82) is 0 Å². The summed E-state index contributed by atoms with van der Waals surface area (Å²) in [6, 6.07) is 8.86. The first kappa shape index (κ1) is 14.0. The van der Waals surface area contributed by atoms with Crippen molar-refractivity contribution in [2.45, 2.75) is 26.4 Å². The number of aryl methyl sites for hydroxylation is 1. The standard InChI is InChI=1S/C15H21N3S/c1-11-7-5-6-8-13(11)10-18(4)15-17-9-14(19-15)12(2)16-3/h5-9,12,16H,10H2,1-4H3. The first-order chi connectivity index (χ1) is 9.11. The molecule has 2 rings (SSSR count). The van der Waals surface area contributed by atoms with Crippen LogP contribution in [0.5, 0.6) is 0 Å². The third-order valence-corrected chi connectivity index (χ3v) is 4.66. The summed E-state index contributed by atoms with van der Waals surface area (Å²) < 4.78 is 0. The van der Waals surface area contributed by atoms with Crippen molar-refractivity contribution in [3.05, 3.63) is 46.5 Å². The van der Waals surface area contributed by atoms with Crippen molar-refractivity contribution in [3.8, 4) is 0 Å². The van der Waals surface area contributed by atoms with Crippen LogP contribution in [0.1, 0.15) is 29.0 Å². The Bertz CT molecular complexity index is 536. The zero-order valence-corrected chi connectivity index (χ0v) is 12.8. The first-order valence-corrected chi connectivity index (χ1v) is 7.32. The maximum Gasteiger partial charge on any atom is 0.185 e. The zero-order chi connectivity index (χ0) is 13.8. The Morgan fingerprint density at radius 3 is 2.79 bits per heavy atom. The minimum Gasteiger partial charge on any atom is -0.347 e. The fourth-order valence-electron chi connectivity index (χ4n) is 1.91. The van der Waals surface area contributed by atoms with E-state index in [-0.39, 0.29) is 0 Å². The highest BCUT2D eigenvalue weighted by atomic mass is 32.1. The van der Waals surface area contributed by atoms with E-state index < -0.39 is 0 Å². The highest BCUT2D eigenvalue weighted by Gasteiger charge is 2.11. The lowest BCUT2D eigenvalue weighted by molar-refractivity contribution is 0.662. The number of thiazole rings is 1. The molecule has 1 N–H and O–H groups in total. The van der Waals surface area contributed by atoms with Crippen molar-refractivity contribution in [2.75, 3.05) is 19.0 Å². The largest absolute Gasteiger partial charge is 0.347 e. The molecular formula is C15H21N3S. The van der Waals surface area contributed by atoms with Gasteiger partial charge in [-0.15, -0.1) is 11.3 Å². The first-order valence-electron chi connectivity index (χ1n) is 6.50. The molecule has 0 aliphatic carbocycles. The lowest BCUT2D eigenvalue weighted by atomic mass is 10.1. The van der Waals surface area contributed by atoms with E-state index in [0.717, 1.165) is 11.7 Å². The third-order valence-electron chi connectivity index (χ3n) is 3.37. The Morgan fingerprint density at radius 2 is 2.11 bits per heavy atom. The second-order valence-corrected chi connectivity index (χ2v) is 5.88. The van der Waals surface area contributed by atoms with E-state index in [1.165, 1.54) is 16.0 Å². The van der Waals surface area contributed by atoms with Gasteiger partial charge in [-0.25, -0.2) is 4.98 Å². The molecule has 1 atom stereocenters. The second kappa shape index (κ2) is 6.17. The van der Waals surface area contributed by atoms with E-state index in [1.807, 2.05) is 13.2 Å². The molecule has 102 valence electrons. The lowest BCUT2D eigenvalue weighted by Crippen LogP contribution is -2.16. The Hall–Kier alpha value is -1.39. The molecule has 19 heavy (non-hydrogen) atoms. The highest BCUT2D eigenvalue weighted by Crippen LogP contribution is 2.27. The van der Waals surface area contributed by atoms with Crippen LogP contribution < -0.4 is 10.2 Å². The van der Waals surface area contributed by atoms with Crippen LogP contribution in [0, 0.1) is 6.92 Å². The van der Waals surface area contributed by atoms with Crippen LogP contribution in [-0.4, -0.2) is 19.1 Å². The van der Waals surface area contributed by atoms with Gasteiger partial charge in [0.1, 0.15) is 0 Å². The highest BCUT2D eigenvalue weighted by molar-refractivity contribution is 7.15. The molecule has 0 saturated carbocycles. The maximum absolute atomic E-state index is 4.52. The number of nitrogens with one attached hydrogen (secondary N) is 1. The quantitative estimate of drug-likeness (QED) is 0.907. The number of benzene rings is 1. The predicted molar refractivity (Wildman–Crippen MR) is 82.9 cm³/mol. The number of anilines is 1. The fraction of sp³-hybridized carbons (Fsp3) is 0.400. The molecule has 1 heterocycles. The van der Waals surface area contributed by atoms with Gasteiger partial charge in [-0.1, -0.05) is 24.3 Å². The van der Waals surface area contributed by atoms with Gasteiger partial charge < -0.3 is 10.2 Å². The van der Waals surface area contributed by atoms with Gasteiger partial charge in [-0.2, -0.15) is 0 Å². The molecule has 0 bridgehead atoms. The van der Waals surface area contributed by atoms with Crippen molar-refractivity contribution in [2.24, 2.45) is 0 Å². The van der Waals surface area contributed by atoms with E-state index in [2.05, 4.69) is 60.4 Å². The number of aromatic nitrogens is 1. The SMILES string of the molecule is CNC(C)c1cnc(N(C)Cc2ccccc2C)s1. The van der Waals surface area contributed by atoms with Gasteiger partial charge >= 0.3 is 0 Å². The molecule has 1 aromatic heterocycles. The van der Waals surface area contributed by atoms with Gasteiger partial charge in [0.05, 0.1) is 0 Å². The summed E-state index contributed by atoms with van der Waals surface area (Å²) in [5, 5.41) is 4.31. The molecule has 1 unspecified atom stereocenters. The van der Waals surface area contributed by atoms with E-state index in [1.54, 1.807) is 11.3 Å². The van der Waals surface area contributed by atoms with Crippen molar-refractivity contribution in [3.63, 3.8) is 0 Å². The van der Waals surface area contributed by atoms with E-state index >= 15 is 0 Å². The molecule has 0 aliphatic heterocycles. The third kappa shape index (κ3) is 3.33. The van der Waals surface area contributed by atoms with Crippen LogP contribution in [-0.2, 0) is 6.54 Å². The Labute approximate surface area is 119 Å². The predicted octanol–water partition coefficient (Wildman–Crippen LogP) is 3.37. The summed E-state index contributed by atoms with van der Waals surface area (Å²) in [7, 11) is 4.07. The van der Waals surface area contributed by atoms with Crippen molar-refractivity contribution in [1.82, 2.24) is 10.3 Å². The number of nitrogens with zero attached hydrogens (tertiary/aromatic N) is 2. The van der Waals surface area contributed by atoms with Gasteiger partial charge in [0.15, 0.2) is 5.13 Å². The minimum atomic E-state index is 0.359. The molecule has 0 saturated heterocycles. The normalized spacial score (nSPS) is 12.4. The number of rotatable bonds is 5. The smallest absolute Gasteiger partial charge is 0.185 e. The minimum absolute atomic E-state index is 0.359. The van der Waals surface area contributed by atoms with E-state index in [0.29, 0.717) is 6.04 Å². The van der Waals surface area contributed by atoms with Gasteiger partial charge in [0.25, 0.3) is 0 Å². The van der Waals surface area contributed by atoms with E-state index in [4.69, 9.17) is 0 Å². The van der Waals surface area contributed by atoms with Crippen LogP contribution >= 0.6 is 11.3 Å². The Balaban J connectivity index is 2.10. The fourth-order valence-corrected chi connectivity index (χ4v) is 2.84. The number of hydrogen-bond acceptors (Lipinski definition) is 4. The van der Waals surface area contributed by atoms with Crippen LogP contribution in [0.2, 0.25) is 0 Å². The number of hydrogen-bond donors (Lipinski definition) is 1. The van der Waals surface area contributed by atoms with E-state index in [9.17, 15) is 0 Å².